The lowest BCUT2D eigenvalue weighted by molar-refractivity contribution is -0.130. The van der Waals surface area contributed by atoms with Crippen molar-refractivity contribution in [2.75, 3.05) is 32.7 Å². The molecule has 0 fully saturated rings. The fourth-order valence-corrected chi connectivity index (χ4v) is 2.31. The van der Waals surface area contributed by atoms with Crippen LogP contribution in [0, 0.1) is 6.92 Å². The number of aliphatic imine (C=N–C) groups is 1. The van der Waals surface area contributed by atoms with E-state index in [1.54, 1.807) is 0 Å². The number of rotatable bonds is 9. The molecule has 142 valence electrons. The van der Waals surface area contributed by atoms with Gasteiger partial charge in [-0.2, -0.15) is 0 Å². The average Bonchev–Trinajstić information content (AvgIpc) is 2.58. The Kier molecular flexibility index (Phi) is 13.1. The molecular weight excluding hydrogens is 429 g/mol. The Morgan fingerprint density at radius 3 is 2.48 bits per heavy atom. The number of hydrogen-bond donors (Lipinski definition) is 2. The smallest absolute Gasteiger partial charge is 0.224 e. The highest BCUT2D eigenvalue weighted by Crippen LogP contribution is 1.99. The van der Waals surface area contributed by atoms with Crippen LogP contribution in [0.1, 0.15) is 38.4 Å². The number of carbonyl (C=O) groups excluding carboxylic acids is 1. The molecule has 0 aliphatic heterocycles. The molecule has 0 unspecified atom stereocenters. The highest BCUT2D eigenvalue weighted by atomic mass is 127. The monoisotopic (exact) mass is 461 g/mol. The van der Waals surface area contributed by atoms with Gasteiger partial charge in [0.15, 0.2) is 5.96 Å². The van der Waals surface area contributed by atoms with Gasteiger partial charge >= 0.3 is 0 Å². The van der Waals surface area contributed by atoms with Crippen molar-refractivity contribution >= 4 is 35.8 Å². The van der Waals surface area contributed by atoms with Crippen LogP contribution in [0.2, 0.25) is 0 Å². The van der Waals surface area contributed by atoms with E-state index in [-0.39, 0.29) is 29.9 Å². The number of nitrogens with one attached hydrogen (secondary N) is 2. The maximum absolute atomic E-state index is 12.0. The van der Waals surface area contributed by atoms with Crippen LogP contribution < -0.4 is 10.6 Å². The predicted molar refractivity (Wildman–Crippen MR) is 115 cm³/mol. The number of nitrogens with zero attached hydrogens (tertiary/aromatic N) is 3. The number of halogens is 1. The van der Waals surface area contributed by atoms with Crippen molar-refractivity contribution in [3.05, 3.63) is 29.6 Å². The molecule has 1 aromatic rings. The predicted octanol–water partition coefficient (Wildman–Crippen LogP) is 2.36. The van der Waals surface area contributed by atoms with Gasteiger partial charge in [-0.25, -0.2) is 0 Å². The fraction of sp³-hybridized carbons (Fsp3) is 0.611. The fourth-order valence-electron chi connectivity index (χ4n) is 2.31. The van der Waals surface area contributed by atoms with Gasteiger partial charge in [0.25, 0.3) is 0 Å². The summed E-state index contributed by atoms with van der Waals surface area (Å²) in [6, 6.07) is 4.12. The van der Waals surface area contributed by atoms with E-state index < -0.39 is 0 Å². The molecule has 7 heteroatoms. The summed E-state index contributed by atoms with van der Waals surface area (Å²) in [4.78, 5) is 22.6. The lowest BCUT2D eigenvalue weighted by Gasteiger charge is -2.18. The number of aryl methyl sites for hydroxylation is 1. The lowest BCUT2D eigenvalue weighted by atomic mass is 10.2. The summed E-state index contributed by atoms with van der Waals surface area (Å²) in [5, 5.41) is 6.51. The van der Waals surface area contributed by atoms with Crippen LogP contribution in [0.3, 0.4) is 0 Å². The summed E-state index contributed by atoms with van der Waals surface area (Å²) < 4.78 is 0. The van der Waals surface area contributed by atoms with E-state index in [9.17, 15) is 4.79 Å². The van der Waals surface area contributed by atoms with Crippen molar-refractivity contribution in [1.29, 1.82) is 0 Å². The van der Waals surface area contributed by atoms with Crippen LogP contribution >= 0.6 is 24.0 Å². The normalized spacial score (nSPS) is 10.8. The van der Waals surface area contributed by atoms with Gasteiger partial charge in [0, 0.05) is 44.5 Å². The van der Waals surface area contributed by atoms with Crippen molar-refractivity contribution in [2.45, 2.75) is 40.5 Å². The van der Waals surface area contributed by atoms with E-state index in [1.165, 1.54) is 5.56 Å². The number of hydrogen-bond acceptors (Lipinski definition) is 3. The van der Waals surface area contributed by atoms with Crippen molar-refractivity contribution in [1.82, 2.24) is 20.5 Å². The zero-order valence-corrected chi connectivity index (χ0v) is 18.2. The van der Waals surface area contributed by atoms with Crippen molar-refractivity contribution in [3.63, 3.8) is 0 Å². The minimum atomic E-state index is 0. The van der Waals surface area contributed by atoms with E-state index in [2.05, 4.69) is 26.7 Å². The Morgan fingerprint density at radius 1 is 1.20 bits per heavy atom. The zero-order valence-electron chi connectivity index (χ0n) is 15.8. The summed E-state index contributed by atoms with van der Waals surface area (Å²) in [6.07, 6.45) is 3.24. The summed E-state index contributed by atoms with van der Waals surface area (Å²) in [5.74, 6) is 0.912. The highest BCUT2D eigenvalue weighted by Gasteiger charge is 2.08. The van der Waals surface area contributed by atoms with Crippen LogP contribution in [-0.2, 0) is 11.2 Å². The molecule has 0 bridgehead atoms. The van der Waals surface area contributed by atoms with Crippen molar-refractivity contribution in [2.24, 2.45) is 4.99 Å². The van der Waals surface area contributed by atoms with E-state index >= 15 is 0 Å². The molecule has 1 aromatic heterocycles. The first-order valence-electron chi connectivity index (χ1n) is 8.82. The van der Waals surface area contributed by atoms with Gasteiger partial charge in [0.05, 0.1) is 6.54 Å². The maximum atomic E-state index is 12.0. The molecule has 0 saturated carbocycles. The number of amides is 1. The Hall–Kier alpha value is -1.38. The minimum absolute atomic E-state index is 0. The molecule has 1 amide bonds. The molecule has 0 aliphatic carbocycles. The second-order valence-corrected chi connectivity index (χ2v) is 5.56. The highest BCUT2D eigenvalue weighted by molar-refractivity contribution is 14.0. The van der Waals surface area contributed by atoms with Gasteiger partial charge in [0.1, 0.15) is 0 Å². The standard InChI is InChI=1S/C18H31N5O.HI/c1-5-19-18(21-13-11-17(24)23(6-2)7-3)20-12-10-16-9-8-15(4)22-14-16;/h8-9,14H,5-7,10-13H2,1-4H3,(H2,19,20,21);1H. The van der Waals surface area contributed by atoms with Crippen LogP contribution in [0.15, 0.2) is 23.3 Å². The Balaban J connectivity index is 0.00000576. The quantitative estimate of drug-likeness (QED) is 0.337. The summed E-state index contributed by atoms with van der Waals surface area (Å²) in [6.45, 7) is 11.6. The third-order valence-corrected chi connectivity index (χ3v) is 3.73. The zero-order chi connectivity index (χ0) is 17.8. The number of guanidine groups is 1. The van der Waals surface area contributed by atoms with Crippen molar-refractivity contribution < 1.29 is 4.79 Å². The summed E-state index contributed by atoms with van der Waals surface area (Å²) >= 11 is 0. The van der Waals surface area contributed by atoms with Crippen LogP contribution in [-0.4, -0.2) is 54.5 Å². The lowest BCUT2D eigenvalue weighted by Crippen LogP contribution is -2.38. The third kappa shape index (κ3) is 9.62. The SMILES string of the molecule is CCNC(=NCCC(=O)N(CC)CC)NCCc1ccc(C)nc1.I. The number of pyridine rings is 1. The largest absolute Gasteiger partial charge is 0.357 e. The van der Waals surface area contributed by atoms with Gasteiger partial charge in [-0.3, -0.25) is 14.8 Å². The topological polar surface area (TPSA) is 69.6 Å². The molecule has 0 atom stereocenters. The van der Waals surface area contributed by atoms with Crippen LogP contribution in [0.5, 0.6) is 0 Å². The van der Waals surface area contributed by atoms with Crippen LogP contribution in [0.25, 0.3) is 0 Å². The molecule has 0 aliphatic rings. The van der Waals surface area contributed by atoms with Gasteiger partial charge in [-0.15, -0.1) is 24.0 Å². The first kappa shape index (κ1) is 23.6. The van der Waals surface area contributed by atoms with Gasteiger partial charge in [-0.1, -0.05) is 6.07 Å². The van der Waals surface area contributed by atoms with Gasteiger partial charge < -0.3 is 15.5 Å². The molecule has 2 N–H and O–H groups in total. The second-order valence-electron chi connectivity index (χ2n) is 5.56. The van der Waals surface area contributed by atoms with E-state index in [1.807, 2.05) is 44.9 Å². The van der Waals surface area contributed by atoms with Gasteiger partial charge in [-0.05, 0) is 45.7 Å². The molecule has 0 saturated heterocycles. The first-order chi connectivity index (χ1) is 11.6. The van der Waals surface area contributed by atoms with E-state index in [0.717, 1.165) is 44.3 Å². The van der Waals surface area contributed by atoms with E-state index in [0.29, 0.717) is 13.0 Å². The molecule has 0 radical (unpaired) electrons. The molecule has 1 rings (SSSR count). The van der Waals surface area contributed by atoms with E-state index in [4.69, 9.17) is 0 Å². The molecule has 0 aromatic carbocycles. The summed E-state index contributed by atoms with van der Waals surface area (Å²) in [7, 11) is 0. The van der Waals surface area contributed by atoms with Crippen LogP contribution in [0.4, 0.5) is 0 Å². The number of carbonyl (C=O) groups is 1. The minimum Gasteiger partial charge on any atom is -0.357 e. The number of aromatic nitrogens is 1. The van der Waals surface area contributed by atoms with Crippen molar-refractivity contribution in [3.8, 4) is 0 Å². The average molecular weight is 461 g/mol. The molecule has 1 heterocycles. The molecule has 0 spiro atoms. The molecule has 6 nitrogen and oxygen atoms in total. The molecule has 25 heavy (non-hydrogen) atoms. The summed E-state index contributed by atoms with van der Waals surface area (Å²) in [5.41, 5.74) is 2.22. The maximum Gasteiger partial charge on any atom is 0.224 e. The first-order valence-corrected chi connectivity index (χ1v) is 8.82. The Bertz CT molecular complexity index is 515. The molecular formula is C18H32IN5O. The Labute approximate surface area is 168 Å². The Morgan fingerprint density at radius 2 is 1.92 bits per heavy atom. The third-order valence-electron chi connectivity index (χ3n) is 3.73. The second kappa shape index (κ2) is 13.9. The van der Waals surface area contributed by atoms with Gasteiger partial charge in [0.2, 0.25) is 5.91 Å².